The molecule has 2 rings (SSSR count). The highest BCUT2D eigenvalue weighted by Crippen LogP contribution is 2.17. The van der Waals surface area contributed by atoms with Crippen LogP contribution in [0.25, 0.3) is 0 Å². The van der Waals surface area contributed by atoms with E-state index in [1.807, 2.05) is 12.1 Å². The van der Waals surface area contributed by atoms with Crippen LogP contribution in [0.15, 0.2) is 48.5 Å². The van der Waals surface area contributed by atoms with E-state index in [0.717, 1.165) is 5.56 Å². The van der Waals surface area contributed by atoms with Gasteiger partial charge in [0.15, 0.2) is 6.10 Å². The molecule has 1 unspecified atom stereocenters. The topological polar surface area (TPSA) is 50.1 Å². The normalized spacial score (nSPS) is 11.5. The number of benzene rings is 2. The van der Waals surface area contributed by atoms with Crippen LogP contribution in [0, 0.1) is 11.3 Å². The summed E-state index contributed by atoms with van der Waals surface area (Å²) in [5, 5.41) is 9.14. The molecular formula is C17H14ClNO2. The minimum Gasteiger partial charge on any atom is -0.483 e. The number of carbonyl (C=O) groups is 1. The van der Waals surface area contributed by atoms with Crippen molar-refractivity contribution in [3.05, 3.63) is 64.7 Å². The van der Waals surface area contributed by atoms with Crippen molar-refractivity contribution in [2.75, 3.05) is 0 Å². The summed E-state index contributed by atoms with van der Waals surface area (Å²) in [5.74, 6) is 0.471. The molecule has 0 aliphatic rings. The molecule has 0 radical (unpaired) electrons. The van der Waals surface area contributed by atoms with Crippen molar-refractivity contribution in [1.82, 2.24) is 0 Å². The van der Waals surface area contributed by atoms with E-state index in [-0.39, 0.29) is 5.78 Å². The number of hydrogen-bond donors (Lipinski definition) is 0. The zero-order valence-electron chi connectivity index (χ0n) is 11.5. The quantitative estimate of drug-likeness (QED) is 0.782. The van der Waals surface area contributed by atoms with Crippen LogP contribution in [0.4, 0.5) is 0 Å². The van der Waals surface area contributed by atoms with Crippen LogP contribution in [0.3, 0.4) is 0 Å². The molecule has 2 aromatic carbocycles. The fraction of sp³-hybridized carbons (Fsp3) is 0.176. The number of nitriles is 1. The number of ketones is 1. The first-order valence-corrected chi connectivity index (χ1v) is 6.90. The van der Waals surface area contributed by atoms with E-state index >= 15 is 0 Å². The molecule has 0 amide bonds. The summed E-state index contributed by atoms with van der Waals surface area (Å²) in [7, 11) is 0. The van der Waals surface area contributed by atoms with Crippen LogP contribution in [0.1, 0.15) is 22.8 Å². The molecular weight excluding hydrogens is 286 g/mol. The van der Waals surface area contributed by atoms with Crippen molar-refractivity contribution < 1.29 is 9.53 Å². The highest BCUT2D eigenvalue weighted by Gasteiger charge is 2.17. The third-order valence-corrected chi connectivity index (χ3v) is 3.23. The number of Topliss-reactive ketones (excluding diaryl/α,β-unsaturated/α-hetero) is 1. The van der Waals surface area contributed by atoms with Gasteiger partial charge in [-0.1, -0.05) is 35.9 Å². The first-order chi connectivity index (χ1) is 10.1. The second-order valence-corrected chi connectivity index (χ2v) is 5.05. The van der Waals surface area contributed by atoms with Crippen LogP contribution in [0.2, 0.25) is 5.02 Å². The fourth-order valence-electron chi connectivity index (χ4n) is 1.91. The third-order valence-electron chi connectivity index (χ3n) is 3.00. The predicted octanol–water partition coefficient (Wildman–Crippen LogP) is 4.06. The van der Waals surface area contributed by atoms with E-state index < -0.39 is 6.10 Å². The van der Waals surface area contributed by atoms with Crippen molar-refractivity contribution in [1.29, 1.82) is 5.26 Å². The van der Waals surface area contributed by atoms with Gasteiger partial charge in [-0.3, -0.25) is 4.79 Å². The van der Waals surface area contributed by atoms with Gasteiger partial charge in [-0.2, -0.15) is 5.26 Å². The van der Waals surface area contributed by atoms with Gasteiger partial charge in [0, 0.05) is 10.6 Å². The van der Waals surface area contributed by atoms with Crippen molar-refractivity contribution in [2.45, 2.75) is 19.4 Å². The number of rotatable bonds is 5. The van der Waals surface area contributed by atoms with Crippen molar-refractivity contribution in [3.8, 4) is 11.8 Å². The Hall–Kier alpha value is -2.31. The van der Waals surface area contributed by atoms with Crippen molar-refractivity contribution in [2.24, 2.45) is 0 Å². The first-order valence-electron chi connectivity index (χ1n) is 6.52. The van der Waals surface area contributed by atoms with Gasteiger partial charge in [0.05, 0.1) is 12.5 Å². The van der Waals surface area contributed by atoms with E-state index in [1.165, 1.54) is 0 Å². The van der Waals surface area contributed by atoms with Gasteiger partial charge in [-0.15, -0.1) is 0 Å². The van der Waals surface area contributed by atoms with Gasteiger partial charge >= 0.3 is 0 Å². The lowest BCUT2D eigenvalue weighted by atomic mass is 10.1. The Morgan fingerprint density at radius 3 is 2.62 bits per heavy atom. The Labute approximate surface area is 128 Å². The van der Waals surface area contributed by atoms with Crippen molar-refractivity contribution in [3.63, 3.8) is 0 Å². The number of ether oxygens (including phenoxy) is 1. The molecule has 0 heterocycles. The lowest BCUT2D eigenvalue weighted by Crippen LogP contribution is -2.23. The maximum Gasteiger partial charge on any atom is 0.203 e. The second kappa shape index (κ2) is 6.92. The molecule has 0 aromatic heterocycles. The summed E-state index contributed by atoms with van der Waals surface area (Å²) in [6.07, 6.45) is -0.248. The smallest absolute Gasteiger partial charge is 0.203 e. The first kappa shape index (κ1) is 15.1. The summed E-state index contributed by atoms with van der Waals surface area (Å²) < 4.78 is 5.63. The molecule has 0 bridgehead atoms. The Morgan fingerprint density at radius 2 is 2.00 bits per heavy atom. The number of carbonyl (C=O) groups excluding carboxylic acids is 1. The average molecular weight is 300 g/mol. The minimum absolute atomic E-state index is 0.126. The molecule has 0 fully saturated rings. The third kappa shape index (κ3) is 4.08. The fourth-order valence-corrected chi connectivity index (χ4v) is 2.10. The largest absolute Gasteiger partial charge is 0.483 e. The minimum atomic E-state index is -0.606. The molecule has 0 saturated carbocycles. The lowest BCUT2D eigenvalue weighted by Gasteiger charge is -2.14. The monoisotopic (exact) mass is 299 g/mol. The summed E-state index contributed by atoms with van der Waals surface area (Å²) in [6.45, 7) is 1.70. The molecule has 3 nitrogen and oxygen atoms in total. The summed E-state index contributed by atoms with van der Waals surface area (Å²) in [5.41, 5.74) is 1.44. The maximum atomic E-state index is 12.2. The zero-order valence-corrected chi connectivity index (χ0v) is 12.3. The molecule has 106 valence electrons. The SMILES string of the molecule is CC(Oc1ccc(CC#N)cc1)C(=O)c1cccc(Cl)c1. The molecule has 0 saturated heterocycles. The van der Waals surface area contributed by atoms with E-state index in [2.05, 4.69) is 6.07 Å². The van der Waals surface area contributed by atoms with Gasteiger partial charge < -0.3 is 4.74 Å². The van der Waals surface area contributed by atoms with Crippen LogP contribution in [-0.4, -0.2) is 11.9 Å². The Bertz CT molecular complexity index is 674. The van der Waals surface area contributed by atoms with Gasteiger partial charge in [0.1, 0.15) is 5.75 Å². The molecule has 0 spiro atoms. The second-order valence-electron chi connectivity index (χ2n) is 4.61. The van der Waals surface area contributed by atoms with Crippen LogP contribution < -0.4 is 4.74 Å². The van der Waals surface area contributed by atoms with Gasteiger partial charge in [-0.25, -0.2) is 0 Å². The van der Waals surface area contributed by atoms with E-state index in [0.29, 0.717) is 22.8 Å². The molecule has 4 heteroatoms. The Balaban J connectivity index is 2.05. The van der Waals surface area contributed by atoms with E-state index in [9.17, 15) is 4.79 Å². The van der Waals surface area contributed by atoms with E-state index in [1.54, 1.807) is 43.3 Å². The van der Waals surface area contributed by atoms with E-state index in [4.69, 9.17) is 21.6 Å². The number of hydrogen-bond acceptors (Lipinski definition) is 3. The number of halogens is 1. The standard InChI is InChI=1S/C17H14ClNO2/c1-12(17(20)14-3-2-4-15(18)11-14)21-16-7-5-13(6-8-16)9-10-19/h2-8,11-12H,9H2,1H3. The average Bonchev–Trinajstić information content (AvgIpc) is 2.48. The Morgan fingerprint density at radius 1 is 1.29 bits per heavy atom. The highest BCUT2D eigenvalue weighted by molar-refractivity contribution is 6.31. The zero-order chi connectivity index (χ0) is 15.2. The highest BCUT2D eigenvalue weighted by atomic mass is 35.5. The Kier molecular flexibility index (Phi) is 4.97. The lowest BCUT2D eigenvalue weighted by molar-refractivity contribution is 0.0818. The number of nitrogens with zero attached hydrogens (tertiary/aromatic N) is 1. The molecule has 21 heavy (non-hydrogen) atoms. The van der Waals surface area contributed by atoms with Gasteiger partial charge in [-0.05, 0) is 36.8 Å². The van der Waals surface area contributed by atoms with Gasteiger partial charge in [0.25, 0.3) is 0 Å². The van der Waals surface area contributed by atoms with Crippen molar-refractivity contribution >= 4 is 17.4 Å². The molecule has 0 N–H and O–H groups in total. The summed E-state index contributed by atoms with van der Waals surface area (Å²) in [4.78, 5) is 12.2. The van der Waals surface area contributed by atoms with Crippen LogP contribution in [0.5, 0.6) is 5.75 Å². The molecule has 0 aliphatic carbocycles. The predicted molar refractivity (Wildman–Crippen MR) is 81.6 cm³/mol. The van der Waals surface area contributed by atoms with Crippen LogP contribution in [-0.2, 0) is 6.42 Å². The molecule has 1 atom stereocenters. The molecule has 2 aromatic rings. The van der Waals surface area contributed by atoms with Crippen LogP contribution >= 0.6 is 11.6 Å². The molecule has 0 aliphatic heterocycles. The summed E-state index contributed by atoms with van der Waals surface area (Å²) in [6, 6.07) is 16.0. The summed E-state index contributed by atoms with van der Waals surface area (Å²) >= 11 is 5.88. The maximum absolute atomic E-state index is 12.2. The van der Waals surface area contributed by atoms with Gasteiger partial charge in [0.2, 0.25) is 5.78 Å².